The molecular weight excluding hydrogens is 358 g/mol. The van der Waals surface area contributed by atoms with E-state index in [2.05, 4.69) is 6.92 Å². The highest BCUT2D eigenvalue weighted by Gasteiger charge is 2.51. The first-order chi connectivity index (χ1) is 12.6. The molecule has 7 heteroatoms. The van der Waals surface area contributed by atoms with Crippen molar-refractivity contribution in [3.05, 3.63) is 29.8 Å². The van der Waals surface area contributed by atoms with Crippen LogP contribution in [0.15, 0.2) is 24.3 Å². The molecule has 0 saturated heterocycles. The number of alkyl halides is 2. The molecule has 27 heavy (non-hydrogen) atoms. The Hall–Kier alpha value is -2.18. The summed E-state index contributed by atoms with van der Waals surface area (Å²) in [7, 11) is 0. The lowest BCUT2D eigenvalue weighted by atomic mass is 9.98. The highest BCUT2D eigenvalue weighted by molar-refractivity contribution is 5.90. The lowest BCUT2D eigenvalue weighted by Gasteiger charge is -2.29. The number of hydrogen-bond acceptors (Lipinski definition) is 4. The number of carbonyl (C=O) groups excluding carboxylic acids is 1. The Bertz CT molecular complexity index is 663. The third-order valence-corrected chi connectivity index (χ3v) is 5.07. The van der Waals surface area contributed by atoms with Gasteiger partial charge in [0.1, 0.15) is 11.4 Å². The number of benzene rings is 1. The number of ether oxygens (including phenoxy) is 2. The van der Waals surface area contributed by atoms with Crippen molar-refractivity contribution in [1.82, 2.24) is 0 Å². The van der Waals surface area contributed by atoms with Crippen LogP contribution in [0.3, 0.4) is 0 Å². The fourth-order valence-corrected chi connectivity index (χ4v) is 3.39. The number of carboxylic acids is 1. The Morgan fingerprint density at radius 2 is 1.74 bits per heavy atom. The number of halogens is 2. The first-order valence-corrected chi connectivity index (χ1v) is 9.22. The number of hydrogen-bond donors (Lipinski definition) is 1. The Morgan fingerprint density at radius 3 is 2.19 bits per heavy atom. The molecule has 1 saturated carbocycles. The van der Waals surface area contributed by atoms with E-state index in [1.165, 1.54) is 26.0 Å². The summed E-state index contributed by atoms with van der Waals surface area (Å²) in [6, 6.07) is 6.08. The first-order valence-electron chi connectivity index (χ1n) is 9.22. The molecule has 0 aromatic heterocycles. The van der Waals surface area contributed by atoms with Crippen LogP contribution in [0.4, 0.5) is 8.78 Å². The minimum atomic E-state index is -4.16. The van der Waals surface area contributed by atoms with E-state index >= 15 is 0 Å². The molecule has 1 unspecified atom stereocenters. The van der Waals surface area contributed by atoms with Crippen LogP contribution < -0.4 is 4.74 Å². The predicted octanol–water partition coefficient (Wildman–Crippen LogP) is 4.69. The van der Waals surface area contributed by atoms with Crippen molar-refractivity contribution in [3.8, 4) is 5.75 Å². The molecule has 1 aliphatic rings. The smallest absolute Gasteiger partial charge is 0.378 e. The average Bonchev–Trinajstić information content (AvgIpc) is 3.08. The molecule has 1 atom stereocenters. The van der Waals surface area contributed by atoms with Crippen LogP contribution in [0.1, 0.15) is 63.2 Å². The molecule has 1 aliphatic carbocycles. The van der Waals surface area contributed by atoms with Crippen molar-refractivity contribution >= 4 is 11.9 Å². The molecule has 150 valence electrons. The first kappa shape index (κ1) is 21.1. The normalized spacial score (nSPS) is 17.6. The van der Waals surface area contributed by atoms with Gasteiger partial charge in [-0.25, -0.2) is 9.59 Å². The number of esters is 1. The van der Waals surface area contributed by atoms with Crippen LogP contribution in [0.5, 0.6) is 5.75 Å². The summed E-state index contributed by atoms with van der Waals surface area (Å²) < 4.78 is 38.6. The molecule has 5 nitrogen and oxygen atoms in total. The summed E-state index contributed by atoms with van der Waals surface area (Å²) in [4.78, 5) is 23.0. The zero-order chi connectivity index (χ0) is 20.2. The second-order valence-electron chi connectivity index (χ2n) is 7.37. The molecule has 0 radical (unpaired) electrons. The zero-order valence-electron chi connectivity index (χ0n) is 15.8. The lowest BCUT2D eigenvalue weighted by molar-refractivity contribution is -0.187. The van der Waals surface area contributed by atoms with Gasteiger partial charge in [-0.1, -0.05) is 20.8 Å². The van der Waals surface area contributed by atoms with Gasteiger partial charge in [-0.05, 0) is 62.3 Å². The van der Waals surface area contributed by atoms with E-state index in [4.69, 9.17) is 14.6 Å². The molecule has 0 spiro atoms. The third kappa shape index (κ3) is 4.76. The topological polar surface area (TPSA) is 72.8 Å². The molecule has 1 N–H and O–H groups in total. The van der Waals surface area contributed by atoms with Gasteiger partial charge in [0, 0.05) is 0 Å². The summed E-state index contributed by atoms with van der Waals surface area (Å²) in [6.45, 7) is 4.82. The van der Waals surface area contributed by atoms with E-state index in [1.807, 2.05) is 0 Å². The van der Waals surface area contributed by atoms with Crippen LogP contribution in [0.2, 0.25) is 0 Å². The van der Waals surface area contributed by atoms with Crippen molar-refractivity contribution in [2.75, 3.05) is 0 Å². The Kier molecular flexibility index (Phi) is 6.44. The van der Waals surface area contributed by atoms with Gasteiger partial charge < -0.3 is 14.6 Å². The monoisotopic (exact) mass is 384 g/mol. The summed E-state index contributed by atoms with van der Waals surface area (Å²) in [5, 5.41) is 8.71. The third-order valence-electron chi connectivity index (χ3n) is 5.07. The highest BCUT2D eigenvalue weighted by Crippen LogP contribution is 2.37. The van der Waals surface area contributed by atoms with Gasteiger partial charge in [-0.2, -0.15) is 8.78 Å². The number of carboxylic acid groups (broad SMARTS) is 1. The fraction of sp³-hybridized carbons (Fsp3) is 0.600. The minimum absolute atomic E-state index is 0.0613. The fourth-order valence-electron chi connectivity index (χ4n) is 3.39. The standard InChI is InChI=1S/C20H26F2O5/c1-4-19(11-5-6-12-19)27-15-9-7-14(8-10-15)17(23)26-16(13(2)3)20(21,22)18(24)25/h7-10,13,16H,4-6,11-12H2,1-3H3,(H,24,25). The molecule has 1 aromatic rings. The molecule has 0 amide bonds. The largest absolute Gasteiger partial charge is 0.487 e. The average molecular weight is 384 g/mol. The second-order valence-corrected chi connectivity index (χ2v) is 7.37. The maximum Gasteiger partial charge on any atom is 0.378 e. The predicted molar refractivity (Wildman–Crippen MR) is 95.2 cm³/mol. The summed E-state index contributed by atoms with van der Waals surface area (Å²) in [5.41, 5.74) is -0.125. The maximum atomic E-state index is 13.8. The Balaban J connectivity index is 2.09. The van der Waals surface area contributed by atoms with Gasteiger partial charge >= 0.3 is 17.9 Å². The van der Waals surface area contributed by atoms with E-state index < -0.39 is 29.9 Å². The summed E-state index contributed by atoms with van der Waals surface area (Å²) in [5.74, 6) is -7.74. The van der Waals surface area contributed by atoms with Crippen LogP contribution in [0, 0.1) is 5.92 Å². The van der Waals surface area contributed by atoms with E-state index in [0.717, 1.165) is 32.1 Å². The molecule has 0 heterocycles. The number of carbonyl (C=O) groups is 2. The van der Waals surface area contributed by atoms with Crippen molar-refractivity contribution in [3.63, 3.8) is 0 Å². The molecule has 2 rings (SSSR count). The van der Waals surface area contributed by atoms with Gasteiger partial charge in [-0.15, -0.1) is 0 Å². The lowest BCUT2D eigenvalue weighted by Crippen LogP contribution is -2.47. The van der Waals surface area contributed by atoms with E-state index in [0.29, 0.717) is 5.75 Å². The van der Waals surface area contributed by atoms with Crippen LogP contribution in [0.25, 0.3) is 0 Å². The van der Waals surface area contributed by atoms with Crippen LogP contribution in [-0.4, -0.2) is 34.7 Å². The Labute approximate surface area is 157 Å². The van der Waals surface area contributed by atoms with E-state index in [-0.39, 0.29) is 11.2 Å². The van der Waals surface area contributed by atoms with Gasteiger partial charge in [-0.3, -0.25) is 0 Å². The summed E-state index contributed by atoms with van der Waals surface area (Å²) in [6.07, 6.45) is 3.03. The van der Waals surface area contributed by atoms with Gasteiger partial charge in [0.25, 0.3) is 0 Å². The quantitative estimate of drug-likeness (QED) is 0.658. The van der Waals surface area contributed by atoms with Crippen molar-refractivity contribution in [2.24, 2.45) is 5.92 Å². The van der Waals surface area contributed by atoms with Crippen LogP contribution in [-0.2, 0) is 9.53 Å². The summed E-state index contributed by atoms with van der Waals surface area (Å²) >= 11 is 0. The molecule has 0 bridgehead atoms. The highest BCUT2D eigenvalue weighted by atomic mass is 19.3. The molecule has 1 fully saturated rings. The van der Waals surface area contributed by atoms with Gasteiger partial charge in [0.15, 0.2) is 6.10 Å². The van der Waals surface area contributed by atoms with Gasteiger partial charge in [0.05, 0.1) is 5.56 Å². The molecule has 0 aliphatic heterocycles. The number of aliphatic carboxylic acids is 1. The molecular formula is C20H26F2O5. The van der Waals surface area contributed by atoms with E-state index in [1.54, 1.807) is 12.1 Å². The van der Waals surface area contributed by atoms with Crippen molar-refractivity contribution < 1.29 is 33.0 Å². The zero-order valence-corrected chi connectivity index (χ0v) is 15.8. The Morgan fingerprint density at radius 1 is 1.19 bits per heavy atom. The number of rotatable bonds is 8. The van der Waals surface area contributed by atoms with Gasteiger partial charge in [0.2, 0.25) is 0 Å². The van der Waals surface area contributed by atoms with Crippen molar-refractivity contribution in [2.45, 2.75) is 70.5 Å². The van der Waals surface area contributed by atoms with Crippen molar-refractivity contribution in [1.29, 1.82) is 0 Å². The second kappa shape index (κ2) is 8.23. The van der Waals surface area contributed by atoms with Crippen LogP contribution >= 0.6 is 0 Å². The SMILES string of the molecule is CCC1(Oc2ccc(C(=O)OC(C(C)C)C(F)(F)C(=O)O)cc2)CCCC1. The maximum absolute atomic E-state index is 13.8. The molecule has 1 aromatic carbocycles. The van der Waals surface area contributed by atoms with E-state index in [9.17, 15) is 18.4 Å². The minimum Gasteiger partial charge on any atom is -0.487 e.